The lowest BCUT2D eigenvalue weighted by Gasteiger charge is -2.21. The van der Waals surface area contributed by atoms with Gasteiger partial charge in [0.25, 0.3) is 10.0 Å². The Hall–Kier alpha value is -3.83. The molecule has 0 unspecified atom stereocenters. The van der Waals surface area contributed by atoms with Crippen molar-refractivity contribution in [3.05, 3.63) is 89.7 Å². The molecule has 9 nitrogen and oxygen atoms in total. The molecule has 11 heteroatoms. The van der Waals surface area contributed by atoms with Crippen LogP contribution >= 0.6 is 0 Å². The molecule has 0 fully saturated rings. The fourth-order valence-electron chi connectivity index (χ4n) is 3.20. The highest BCUT2D eigenvalue weighted by Gasteiger charge is 2.30. The van der Waals surface area contributed by atoms with Crippen LogP contribution in [-0.2, 0) is 23.1 Å². The topological polar surface area (TPSA) is 99.4 Å². The summed E-state index contributed by atoms with van der Waals surface area (Å²) in [6.45, 7) is 0.146. The quantitative estimate of drug-likeness (QED) is 0.360. The average Bonchev–Trinajstić information content (AvgIpc) is 3.36. The smallest absolute Gasteiger partial charge is 0.304 e. The molecule has 0 aliphatic carbocycles. The Bertz CT molecular complexity index is 1290. The Morgan fingerprint density at radius 1 is 0.824 bits per heavy atom. The molecule has 3 aromatic carbocycles. The molecule has 0 amide bonds. The van der Waals surface area contributed by atoms with Gasteiger partial charge in [0, 0.05) is 13.1 Å². The van der Waals surface area contributed by atoms with E-state index in [1.165, 1.54) is 28.6 Å². The number of sulfonamides is 1. The first-order valence-electron chi connectivity index (χ1n) is 10.2. The van der Waals surface area contributed by atoms with Crippen LogP contribution in [0.25, 0.3) is 5.69 Å². The van der Waals surface area contributed by atoms with Gasteiger partial charge in [-0.2, -0.15) is 4.31 Å². The highest BCUT2D eigenvalue weighted by Crippen LogP contribution is 2.22. The van der Waals surface area contributed by atoms with Gasteiger partial charge < -0.3 is 9.47 Å². The van der Waals surface area contributed by atoms with Gasteiger partial charge in [0.1, 0.15) is 17.3 Å². The molecule has 176 valence electrons. The summed E-state index contributed by atoms with van der Waals surface area (Å²) in [4.78, 5) is 1.05. The standard InChI is InChI=1S/C23H22FN5O4S/c1-32-21-11-3-17(4-12-21)15-28(16-18-5-13-22(33-2)14-6-18)34(30,31)23-25-27-29(26-23)20-9-7-19(24)8-10-20/h3-14H,15-16H2,1-2H3. The zero-order valence-corrected chi connectivity index (χ0v) is 19.3. The number of aromatic nitrogens is 4. The van der Waals surface area contributed by atoms with Gasteiger partial charge >= 0.3 is 5.16 Å². The molecule has 0 atom stereocenters. The lowest BCUT2D eigenvalue weighted by Crippen LogP contribution is -2.31. The number of nitrogens with zero attached hydrogens (tertiary/aromatic N) is 5. The van der Waals surface area contributed by atoms with Gasteiger partial charge in [-0.1, -0.05) is 29.4 Å². The first-order chi connectivity index (χ1) is 16.4. The van der Waals surface area contributed by atoms with Crippen molar-refractivity contribution in [1.29, 1.82) is 0 Å². The van der Waals surface area contributed by atoms with Crippen molar-refractivity contribution in [3.63, 3.8) is 0 Å². The molecular formula is C23H22FN5O4S. The highest BCUT2D eigenvalue weighted by atomic mass is 32.2. The van der Waals surface area contributed by atoms with E-state index >= 15 is 0 Å². The summed E-state index contributed by atoms with van der Waals surface area (Å²) < 4.78 is 51.9. The van der Waals surface area contributed by atoms with Crippen LogP contribution in [0.3, 0.4) is 0 Å². The SMILES string of the molecule is COc1ccc(CN(Cc2ccc(OC)cc2)S(=O)(=O)c2nnn(-c3ccc(F)cc3)n2)cc1. The minimum Gasteiger partial charge on any atom is -0.497 e. The van der Waals surface area contributed by atoms with Gasteiger partial charge in [-0.3, -0.25) is 0 Å². The predicted molar refractivity (Wildman–Crippen MR) is 122 cm³/mol. The van der Waals surface area contributed by atoms with E-state index < -0.39 is 21.0 Å². The van der Waals surface area contributed by atoms with Gasteiger partial charge in [-0.25, -0.2) is 12.8 Å². The van der Waals surface area contributed by atoms with E-state index in [9.17, 15) is 12.8 Å². The Balaban J connectivity index is 1.66. The number of hydrogen-bond acceptors (Lipinski definition) is 7. The number of methoxy groups -OCH3 is 2. The molecule has 0 aliphatic rings. The van der Waals surface area contributed by atoms with Crippen LogP contribution in [0.1, 0.15) is 11.1 Å². The second-order valence-corrected chi connectivity index (χ2v) is 9.14. The second kappa shape index (κ2) is 9.98. The van der Waals surface area contributed by atoms with E-state index in [1.54, 1.807) is 62.8 Å². The van der Waals surface area contributed by atoms with E-state index in [2.05, 4.69) is 15.4 Å². The van der Waals surface area contributed by atoms with Crippen molar-refractivity contribution >= 4 is 10.0 Å². The predicted octanol–water partition coefficient (Wildman–Crippen LogP) is 3.21. The summed E-state index contributed by atoms with van der Waals surface area (Å²) in [5.74, 6) is 0.899. The summed E-state index contributed by atoms with van der Waals surface area (Å²) in [6.07, 6.45) is 0. The zero-order valence-electron chi connectivity index (χ0n) is 18.5. The minimum absolute atomic E-state index is 0.0729. The van der Waals surface area contributed by atoms with Crippen LogP contribution in [0.4, 0.5) is 4.39 Å². The lowest BCUT2D eigenvalue weighted by molar-refractivity contribution is 0.394. The fraction of sp³-hybridized carbons (Fsp3) is 0.174. The van der Waals surface area contributed by atoms with Crippen LogP contribution < -0.4 is 9.47 Å². The molecule has 1 aromatic heterocycles. The monoisotopic (exact) mass is 483 g/mol. The molecule has 4 rings (SSSR count). The molecule has 0 spiro atoms. The summed E-state index contributed by atoms with van der Waals surface area (Å²) in [6, 6.07) is 19.5. The zero-order chi connectivity index (χ0) is 24.1. The van der Waals surface area contributed by atoms with Crippen LogP contribution in [0.5, 0.6) is 11.5 Å². The summed E-state index contributed by atoms with van der Waals surface area (Å²) in [7, 11) is -1.01. The number of hydrogen-bond donors (Lipinski definition) is 0. The summed E-state index contributed by atoms with van der Waals surface area (Å²) in [5, 5.41) is 11.2. The van der Waals surface area contributed by atoms with Crippen LogP contribution in [0.15, 0.2) is 78.0 Å². The van der Waals surface area contributed by atoms with Crippen LogP contribution in [0.2, 0.25) is 0 Å². The summed E-state index contributed by atoms with van der Waals surface area (Å²) >= 11 is 0. The van der Waals surface area contributed by atoms with Gasteiger partial charge in [0.15, 0.2) is 0 Å². The van der Waals surface area contributed by atoms with Gasteiger partial charge in [0.05, 0.1) is 19.9 Å². The van der Waals surface area contributed by atoms with E-state index in [0.29, 0.717) is 17.2 Å². The third kappa shape index (κ3) is 5.21. The molecule has 0 saturated heterocycles. The Labute approximate surface area is 196 Å². The number of benzene rings is 3. The van der Waals surface area contributed by atoms with Gasteiger partial charge in [0.2, 0.25) is 0 Å². The van der Waals surface area contributed by atoms with Crippen molar-refractivity contribution in [3.8, 4) is 17.2 Å². The fourth-order valence-corrected chi connectivity index (χ4v) is 4.39. The minimum atomic E-state index is -4.13. The molecule has 0 bridgehead atoms. The average molecular weight is 484 g/mol. The molecule has 34 heavy (non-hydrogen) atoms. The van der Waals surface area contributed by atoms with Crippen molar-refractivity contribution < 1.29 is 22.3 Å². The van der Waals surface area contributed by atoms with Gasteiger partial charge in [-0.15, -0.1) is 9.90 Å². The maximum atomic E-state index is 13.5. The first kappa shape index (κ1) is 23.3. The largest absolute Gasteiger partial charge is 0.497 e. The lowest BCUT2D eigenvalue weighted by atomic mass is 10.2. The molecule has 0 radical (unpaired) electrons. The van der Waals surface area contributed by atoms with E-state index in [-0.39, 0.29) is 13.1 Å². The third-order valence-corrected chi connectivity index (χ3v) is 6.62. The van der Waals surface area contributed by atoms with Gasteiger partial charge in [-0.05, 0) is 64.9 Å². The Kier molecular flexibility index (Phi) is 6.85. The molecule has 0 aliphatic heterocycles. The van der Waals surface area contributed by atoms with E-state index in [0.717, 1.165) is 15.9 Å². The number of tetrazole rings is 1. The van der Waals surface area contributed by atoms with Crippen molar-refractivity contribution in [2.24, 2.45) is 0 Å². The number of ether oxygens (including phenoxy) is 2. The van der Waals surface area contributed by atoms with Crippen LogP contribution in [-0.4, -0.2) is 47.1 Å². The second-order valence-electron chi connectivity index (χ2n) is 7.31. The normalized spacial score (nSPS) is 11.5. The van der Waals surface area contributed by atoms with Crippen molar-refractivity contribution in [2.45, 2.75) is 18.2 Å². The first-order valence-corrected chi connectivity index (χ1v) is 11.6. The number of rotatable bonds is 9. The highest BCUT2D eigenvalue weighted by molar-refractivity contribution is 7.88. The maximum Gasteiger partial charge on any atom is 0.304 e. The maximum absolute atomic E-state index is 13.5. The number of halogens is 1. The molecular weight excluding hydrogens is 461 g/mol. The molecule has 4 aromatic rings. The molecule has 1 heterocycles. The Morgan fingerprint density at radius 3 is 1.79 bits per heavy atom. The molecule has 0 N–H and O–H groups in total. The third-order valence-electron chi connectivity index (χ3n) is 5.06. The molecule has 0 saturated carbocycles. The Morgan fingerprint density at radius 2 is 1.32 bits per heavy atom. The van der Waals surface area contributed by atoms with Crippen molar-refractivity contribution in [1.82, 2.24) is 24.5 Å². The van der Waals surface area contributed by atoms with E-state index in [1.807, 2.05) is 0 Å². The van der Waals surface area contributed by atoms with E-state index in [4.69, 9.17) is 9.47 Å². The van der Waals surface area contributed by atoms with Crippen LogP contribution in [0, 0.1) is 5.82 Å². The van der Waals surface area contributed by atoms with Crippen molar-refractivity contribution in [2.75, 3.05) is 14.2 Å². The summed E-state index contributed by atoms with van der Waals surface area (Å²) in [5.41, 5.74) is 1.89.